The van der Waals surface area contributed by atoms with Crippen LogP contribution >= 0.6 is 0 Å². The lowest BCUT2D eigenvalue weighted by Gasteiger charge is -2.30. The molecule has 1 saturated heterocycles. The van der Waals surface area contributed by atoms with Crippen LogP contribution in [0.4, 0.5) is 17.1 Å². The van der Waals surface area contributed by atoms with Crippen LogP contribution < -0.4 is 20.7 Å². The Labute approximate surface area is 153 Å². The van der Waals surface area contributed by atoms with Crippen molar-refractivity contribution >= 4 is 23.0 Å². The molecule has 138 valence electrons. The van der Waals surface area contributed by atoms with Crippen molar-refractivity contribution in [2.24, 2.45) is 0 Å². The number of carbonyl (C=O) groups is 1. The maximum absolute atomic E-state index is 12.2. The first-order valence-corrected chi connectivity index (χ1v) is 8.75. The summed E-state index contributed by atoms with van der Waals surface area (Å²) in [5.41, 5.74) is 10.6. The highest BCUT2D eigenvalue weighted by atomic mass is 16.5. The molecule has 1 heterocycles. The van der Waals surface area contributed by atoms with Gasteiger partial charge in [-0.3, -0.25) is 4.79 Å². The number of nitrogens with one attached hydrogen (secondary N) is 1. The molecule has 0 aromatic heterocycles. The van der Waals surface area contributed by atoms with Gasteiger partial charge in [0.2, 0.25) is 0 Å². The molecule has 0 spiro atoms. The molecule has 2 aromatic rings. The van der Waals surface area contributed by atoms with Crippen LogP contribution in [0.25, 0.3) is 0 Å². The molecule has 1 aliphatic rings. The molecule has 6 heteroatoms. The normalized spacial score (nSPS) is 14.2. The Morgan fingerprint density at radius 2 is 2.00 bits per heavy atom. The molecule has 3 N–H and O–H groups in total. The first kappa shape index (κ1) is 18.1. The SMILES string of the molecule is Cc1cccc(OCC(=O)Nc2ccc(N3CCOCC3)c(N)c2)c1C. The molecule has 26 heavy (non-hydrogen) atoms. The number of anilines is 3. The zero-order valence-electron chi connectivity index (χ0n) is 15.2. The fourth-order valence-electron chi connectivity index (χ4n) is 2.95. The second kappa shape index (κ2) is 8.10. The highest BCUT2D eigenvalue weighted by Crippen LogP contribution is 2.27. The number of carbonyl (C=O) groups excluding carboxylic acids is 1. The lowest BCUT2D eigenvalue weighted by molar-refractivity contribution is -0.118. The Bertz CT molecular complexity index is 786. The Morgan fingerprint density at radius 1 is 1.23 bits per heavy atom. The van der Waals surface area contributed by atoms with Crippen molar-refractivity contribution in [3.8, 4) is 5.75 Å². The maximum Gasteiger partial charge on any atom is 0.262 e. The monoisotopic (exact) mass is 355 g/mol. The molecule has 2 aromatic carbocycles. The fraction of sp³-hybridized carbons (Fsp3) is 0.350. The van der Waals surface area contributed by atoms with Crippen LogP contribution in [-0.2, 0) is 9.53 Å². The zero-order chi connectivity index (χ0) is 18.5. The van der Waals surface area contributed by atoms with Gasteiger partial charge < -0.3 is 25.4 Å². The van der Waals surface area contributed by atoms with E-state index in [-0.39, 0.29) is 12.5 Å². The Hall–Kier alpha value is -2.73. The van der Waals surface area contributed by atoms with Gasteiger partial charge in [-0.05, 0) is 49.2 Å². The molecule has 3 rings (SSSR count). The third-order valence-electron chi connectivity index (χ3n) is 4.58. The first-order valence-electron chi connectivity index (χ1n) is 8.75. The maximum atomic E-state index is 12.2. The molecule has 0 saturated carbocycles. The van der Waals surface area contributed by atoms with Gasteiger partial charge >= 0.3 is 0 Å². The lowest BCUT2D eigenvalue weighted by Crippen LogP contribution is -2.36. The summed E-state index contributed by atoms with van der Waals surface area (Å²) in [4.78, 5) is 14.4. The zero-order valence-corrected chi connectivity index (χ0v) is 15.2. The number of rotatable bonds is 5. The number of nitrogen functional groups attached to an aromatic ring is 1. The third-order valence-corrected chi connectivity index (χ3v) is 4.58. The molecule has 6 nitrogen and oxygen atoms in total. The van der Waals surface area contributed by atoms with Crippen molar-refractivity contribution in [2.75, 3.05) is 48.9 Å². The van der Waals surface area contributed by atoms with Gasteiger partial charge in [0.1, 0.15) is 5.75 Å². The van der Waals surface area contributed by atoms with Crippen molar-refractivity contribution in [2.45, 2.75) is 13.8 Å². The first-order chi connectivity index (χ1) is 12.5. The summed E-state index contributed by atoms with van der Waals surface area (Å²) in [5, 5.41) is 2.83. The van der Waals surface area contributed by atoms with Crippen molar-refractivity contribution in [1.82, 2.24) is 0 Å². The Morgan fingerprint density at radius 3 is 2.73 bits per heavy atom. The molecule has 0 radical (unpaired) electrons. The van der Waals surface area contributed by atoms with E-state index in [1.165, 1.54) is 0 Å². The van der Waals surface area contributed by atoms with Crippen LogP contribution in [0.3, 0.4) is 0 Å². The van der Waals surface area contributed by atoms with Gasteiger partial charge in [-0.15, -0.1) is 0 Å². The molecule has 1 amide bonds. The van der Waals surface area contributed by atoms with Crippen molar-refractivity contribution < 1.29 is 14.3 Å². The van der Waals surface area contributed by atoms with Gasteiger partial charge in [0, 0.05) is 18.8 Å². The fourth-order valence-corrected chi connectivity index (χ4v) is 2.95. The van der Waals surface area contributed by atoms with Crippen LogP contribution in [0.15, 0.2) is 36.4 Å². The highest BCUT2D eigenvalue weighted by molar-refractivity contribution is 5.93. The minimum Gasteiger partial charge on any atom is -0.483 e. The molecule has 0 aliphatic carbocycles. The van der Waals surface area contributed by atoms with E-state index in [1.54, 1.807) is 6.07 Å². The van der Waals surface area contributed by atoms with E-state index < -0.39 is 0 Å². The highest BCUT2D eigenvalue weighted by Gasteiger charge is 2.14. The molecule has 1 fully saturated rings. The second-order valence-corrected chi connectivity index (χ2v) is 6.41. The lowest BCUT2D eigenvalue weighted by atomic mass is 10.1. The summed E-state index contributed by atoms with van der Waals surface area (Å²) in [6.07, 6.45) is 0. The van der Waals surface area contributed by atoms with E-state index in [0.29, 0.717) is 24.6 Å². The van der Waals surface area contributed by atoms with Gasteiger partial charge in [0.05, 0.1) is 24.6 Å². The van der Waals surface area contributed by atoms with E-state index in [4.69, 9.17) is 15.2 Å². The summed E-state index contributed by atoms with van der Waals surface area (Å²) in [7, 11) is 0. The van der Waals surface area contributed by atoms with Gasteiger partial charge in [0.15, 0.2) is 6.61 Å². The average molecular weight is 355 g/mol. The molecule has 0 bridgehead atoms. The predicted octanol–water partition coefficient (Wildman–Crippen LogP) is 2.74. The van der Waals surface area contributed by atoms with Gasteiger partial charge in [-0.2, -0.15) is 0 Å². The summed E-state index contributed by atoms with van der Waals surface area (Å²) in [5.74, 6) is 0.506. The minimum atomic E-state index is -0.218. The second-order valence-electron chi connectivity index (χ2n) is 6.41. The predicted molar refractivity (Wildman–Crippen MR) is 104 cm³/mol. The van der Waals surface area contributed by atoms with E-state index in [9.17, 15) is 4.79 Å². The van der Waals surface area contributed by atoms with Crippen LogP contribution in [0, 0.1) is 13.8 Å². The number of hydrogen-bond acceptors (Lipinski definition) is 5. The van der Waals surface area contributed by atoms with E-state index in [1.807, 2.05) is 44.2 Å². The topological polar surface area (TPSA) is 76.8 Å². The number of aryl methyl sites for hydroxylation is 1. The molecule has 0 atom stereocenters. The van der Waals surface area contributed by atoms with Gasteiger partial charge in [-0.1, -0.05) is 12.1 Å². The van der Waals surface area contributed by atoms with Gasteiger partial charge in [-0.25, -0.2) is 0 Å². The van der Waals surface area contributed by atoms with Crippen LogP contribution in [0.1, 0.15) is 11.1 Å². The number of ether oxygens (including phenoxy) is 2. The minimum absolute atomic E-state index is 0.0462. The number of benzene rings is 2. The third kappa shape index (κ3) is 4.26. The number of hydrogen-bond donors (Lipinski definition) is 2. The summed E-state index contributed by atoms with van der Waals surface area (Å²) in [6.45, 7) is 6.99. The summed E-state index contributed by atoms with van der Waals surface area (Å²) in [6, 6.07) is 11.4. The van der Waals surface area contributed by atoms with Crippen LogP contribution in [-0.4, -0.2) is 38.8 Å². The van der Waals surface area contributed by atoms with Crippen LogP contribution in [0.2, 0.25) is 0 Å². The number of nitrogens with zero attached hydrogens (tertiary/aromatic N) is 1. The van der Waals surface area contributed by atoms with Crippen molar-refractivity contribution in [1.29, 1.82) is 0 Å². The molecular formula is C20H25N3O3. The Balaban J connectivity index is 1.59. The largest absolute Gasteiger partial charge is 0.483 e. The average Bonchev–Trinajstić information content (AvgIpc) is 2.64. The van der Waals surface area contributed by atoms with Crippen LogP contribution in [0.5, 0.6) is 5.75 Å². The summed E-state index contributed by atoms with van der Waals surface area (Å²) < 4.78 is 11.0. The van der Waals surface area contributed by atoms with Crippen molar-refractivity contribution in [3.63, 3.8) is 0 Å². The smallest absolute Gasteiger partial charge is 0.262 e. The summed E-state index contributed by atoms with van der Waals surface area (Å²) >= 11 is 0. The number of amides is 1. The van der Waals surface area contributed by atoms with Crippen molar-refractivity contribution in [3.05, 3.63) is 47.5 Å². The van der Waals surface area contributed by atoms with E-state index >= 15 is 0 Å². The molecule has 0 unspecified atom stereocenters. The number of nitrogens with two attached hydrogens (primary N) is 1. The van der Waals surface area contributed by atoms with E-state index in [2.05, 4.69) is 10.2 Å². The van der Waals surface area contributed by atoms with Gasteiger partial charge in [0.25, 0.3) is 5.91 Å². The Kier molecular flexibility index (Phi) is 5.63. The standard InChI is InChI=1S/C20H25N3O3/c1-14-4-3-5-19(15(14)2)26-13-20(24)22-16-6-7-18(17(21)12-16)23-8-10-25-11-9-23/h3-7,12H,8-11,13,21H2,1-2H3,(H,22,24). The molecule has 1 aliphatic heterocycles. The quantitative estimate of drug-likeness (QED) is 0.807. The number of morpholine rings is 1. The molecular weight excluding hydrogens is 330 g/mol. The van der Waals surface area contributed by atoms with E-state index in [0.717, 1.165) is 35.7 Å².